The van der Waals surface area contributed by atoms with E-state index in [9.17, 15) is 0 Å². The van der Waals surface area contributed by atoms with Gasteiger partial charge in [-0.3, -0.25) is 4.99 Å². The fourth-order valence-electron chi connectivity index (χ4n) is 3.10. The lowest BCUT2D eigenvalue weighted by molar-refractivity contribution is 0.416. The second-order valence-corrected chi connectivity index (χ2v) is 8.57. The summed E-state index contributed by atoms with van der Waals surface area (Å²) in [6.07, 6.45) is 3.84. The van der Waals surface area contributed by atoms with Crippen LogP contribution in [0.1, 0.15) is 19.4 Å². The summed E-state index contributed by atoms with van der Waals surface area (Å²) in [7, 11) is 1.68. The minimum Gasteiger partial charge on any atom is -0.496 e. The van der Waals surface area contributed by atoms with Crippen molar-refractivity contribution in [1.82, 2.24) is 9.66 Å². The minimum absolute atomic E-state index is 0.171. The number of fused-ring (bicyclic) bond motifs is 1. The van der Waals surface area contributed by atoms with Crippen LogP contribution >= 0.6 is 27.3 Å². The van der Waals surface area contributed by atoms with Crippen LogP contribution in [0.3, 0.4) is 0 Å². The average molecular weight is 469 g/mol. The molecule has 0 saturated carbocycles. The van der Waals surface area contributed by atoms with Crippen molar-refractivity contribution in [1.29, 1.82) is 0 Å². The average Bonchev–Trinajstić information content (AvgIpc) is 3.29. The van der Waals surface area contributed by atoms with E-state index >= 15 is 0 Å². The normalized spacial score (nSPS) is 12.5. The largest absolute Gasteiger partial charge is 0.496 e. The zero-order valence-corrected chi connectivity index (χ0v) is 18.8. The molecule has 1 N–H and O–H groups in total. The van der Waals surface area contributed by atoms with Gasteiger partial charge in [0.15, 0.2) is 0 Å². The Hall–Kier alpha value is -2.64. The standard InChI is InChI=1S/C22H21BrN4OS/c1-14(2)26-22-27(20(13-29-22)17-6-4-5-7-21(17)28-3)25-12-15-11-24-19-9-8-16(23)10-18(15)19/h4-14,24H,1-3H3. The van der Waals surface area contributed by atoms with Crippen molar-refractivity contribution in [3.8, 4) is 17.0 Å². The number of methoxy groups -OCH3 is 1. The third-order valence-electron chi connectivity index (χ3n) is 4.42. The van der Waals surface area contributed by atoms with E-state index in [-0.39, 0.29) is 6.04 Å². The van der Waals surface area contributed by atoms with Crippen LogP contribution in [0.5, 0.6) is 5.75 Å². The van der Waals surface area contributed by atoms with Crippen molar-refractivity contribution in [3.05, 3.63) is 68.9 Å². The molecule has 0 aliphatic heterocycles. The van der Waals surface area contributed by atoms with Gasteiger partial charge in [0.25, 0.3) is 0 Å². The smallest absolute Gasteiger partial charge is 0.206 e. The molecule has 4 rings (SSSR count). The molecule has 2 heterocycles. The van der Waals surface area contributed by atoms with Gasteiger partial charge in [0.05, 0.1) is 19.0 Å². The number of nitrogens with zero attached hydrogens (tertiary/aromatic N) is 3. The van der Waals surface area contributed by atoms with Gasteiger partial charge in [-0.2, -0.15) is 5.10 Å². The number of hydrogen-bond donors (Lipinski definition) is 1. The maximum atomic E-state index is 5.56. The summed E-state index contributed by atoms with van der Waals surface area (Å²) in [6, 6.07) is 14.3. The third kappa shape index (κ3) is 4.06. The van der Waals surface area contributed by atoms with Gasteiger partial charge in [-0.15, -0.1) is 11.3 Å². The van der Waals surface area contributed by atoms with Crippen LogP contribution < -0.4 is 9.54 Å². The molecule has 0 aliphatic rings. The molecule has 0 unspecified atom stereocenters. The highest BCUT2D eigenvalue weighted by Crippen LogP contribution is 2.30. The molecule has 0 saturated heterocycles. The first-order valence-electron chi connectivity index (χ1n) is 9.25. The summed E-state index contributed by atoms with van der Waals surface area (Å²) in [5, 5.41) is 7.99. The Kier molecular flexibility index (Phi) is 5.69. The molecule has 0 atom stereocenters. The first-order valence-corrected chi connectivity index (χ1v) is 10.9. The quantitative estimate of drug-likeness (QED) is 0.377. The van der Waals surface area contributed by atoms with E-state index in [1.54, 1.807) is 18.4 Å². The second kappa shape index (κ2) is 8.39. The van der Waals surface area contributed by atoms with E-state index in [1.807, 2.05) is 53.5 Å². The van der Waals surface area contributed by atoms with Crippen LogP contribution in [0.2, 0.25) is 0 Å². The highest BCUT2D eigenvalue weighted by atomic mass is 79.9. The molecule has 4 aromatic rings. The summed E-state index contributed by atoms with van der Waals surface area (Å²) >= 11 is 5.12. The number of ether oxygens (including phenoxy) is 1. The number of para-hydroxylation sites is 1. The molecule has 0 radical (unpaired) electrons. The summed E-state index contributed by atoms with van der Waals surface area (Å²) in [6.45, 7) is 4.13. The van der Waals surface area contributed by atoms with Gasteiger partial charge in [-0.05, 0) is 44.2 Å². The lowest BCUT2D eigenvalue weighted by Crippen LogP contribution is -2.14. The Morgan fingerprint density at radius 1 is 1.21 bits per heavy atom. The van der Waals surface area contributed by atoms with E-state index in [0.29, 0.717) is 0 Å². The predicted octanol–water partition coefficient (Wildman–Crippen LogP) is 5.66. The predicted molar refractivity (Wildman–Crippen MR) is 124 cm³/mol. The van der Waals surface area contributed by atoms with Gasteiger partial charge in [0, 0.05) is 44.1 Å². The van der Waals surface area contributed by atoms with Crippen LogP contribution in [0.15, 0.2) is 68.6 Å². The Labute approximate surface area is 181 Å². The molecular formula is C22H21BrN4OS. The van der Waals surface area contributed by atoms with E-state index < -0.39 is 0 Å². The molecule has 7 heteroatoms. The third-order valence-corrected chi connectivity index (χ3v) is 5.75. The highest BCUT2D eigenvalue weighted by molar-refractivity contribution is 9.10. The lowest BCUT2D eigenvalue weighted by Gasteiger charge is -2.08. The van der Waals surface area contributed by atoms with Gasteiger partial charge in [0.2, 0.25) is 4.80 Å². The summed E-state index contributed by atoms with van der Waals surface area (Å²) in [5.74, 6) is 0.807. The number of H-pyrrole nitrogens is 1. The van der Waals surface area contributed by atoms with Crippen molar-refractivity contribution in [2.75, 3.05) is 7.11 Å². The van der Waals surface area contributed by atoms with E-state index in [1.165, 1.54) is 0 Å². The van der Waals surface area contributed by atoms with Gasteiger partial charge < -0.3 is 9.72 Å². The molecule has 0 aliphatic carbocycles. The molecule has 0 fully saturated rings. The summed E-state index contributed by atoms with van der Waals surface area (Å²) in [5.41, 5.74) is 4.02. The number of aromatic nitrogens is 2. The molecule has 2 aromatic heterocycles. The van der Waals surface area contributed by atoms with Crippen LogP contribution in [-0.4, -0.2) is 29.0 Å². The molecule has 2 aromatic carbocycles. The Bertz CT molecular complexity index is 1250. The fourth-order valence-corrected chi connectivity index (χ4v) is 4.43. The van der Waals surface area contributed by atoms with E-state index in [4.69, 9.17) is 14.8 Å². The van der Waals surface area contributed by atoms with E-state index in [2.05, 4.69) is 46.2 Å². The fraction of sp³-hybridized carbons (Fsp3) is 0.182. The van der Waals surface area contributed by atoms with E-state index in [0.717, 1.165) is 42.7 Å². The number of rotatable bonds is 5. The van der Waals surface area contributed by atoms with Crippen LogP contribution in [-0.2, 0) is 0 Å². The monoisotopic (exact) mass is 468 g/mol. The van der Waals surface area contributed by atoms with Gasteiger partial charge in [0.1, 0.15) is 5.75 Å². The first-order chi connectivity index (χ1) is 14.1. The van der Waals surface area contributed by atoms with Crippen molar-refractivity contribution in [3.63, 3.8) is 0 Å². The number of aromatic amines is 1. The molecule has 0 spiro atoms. The number of halogens is 1. The maximum absolute atomic E-state index is 5.56. The Balaban J connectivity index is 1.86. The van der Waals surface area contributed by atoms with Crippen LogP contribution in [0, 0.1) is 0 Å². The Morgan fingerprint density at radius 3 is 2.83 bits per heavy atom. The molecule has 29 heavy (non-hydrogen) atoms. The number of nitrogens with one attached hydrogen (secondary N) is 1. The molecule has 5 nitrogen and oxygen atoms in total. The van der Waals surface area contributed by atoms with Crippen LogP contribution in [0.4, 0.5) is 0 Å². The SMILES string of the molecule is COc1ccccc1-c1csc(=NC(C)C)n1N=Cc1c[nH]c2ccc(Br)cc12. The lowest BCUT2D eigenvalue weighted by atomic mass is 10.1. The minimum atomic E-state index is 0.171. The number of benzene rings is 2. The maximum Gasteiger partial charge on any atom is 0.206 e. The highest BCUT2D eigenvalue weighted by Gasteiger charge is 2.12. The van der Waals surface area contributed by atoms with Crippen LogP contribution in [0.25, 0.3) is 22.2 Å². The van der Waals surface area contributed by atoms with Crippen molar-refractivity contribution < 1.29 is 4.74 Å². The zero-order valence-electron chi connectivity index (χ0n) is 16.4. The van der Waals surface area contributed by atoms with Crippen molar-refractivity contribution in [2.45, 2.75) is 19.9 Å². The first kappa shape index (κ1) is 19.7. The molecular weight excluding hydrogens is 448 g/mol. The van der Waals surface area contributed by atoms with Gasteiger partial charge in [-0.1, -0.05) is 28.1 Å². The van der Waals surface area contributed by atoms with Gasteiger partial charge >= 0.3 is 0 Å². The summed E-state index contributed by atoms with van der Waals surface area (Å²) in [4.78, 5) is 8.89. The molecule has 148 valence electrons. The second-order valence-electron chi connectivity index (χ2n) is 6.82. The number of hydrogen-bond acceptors (Lipinski definition) is 4. The molecule has 0 amide bonds. The number of thiazole rings is 1. The molecule has 0 bridgehead atoms. The van der Waals surface area contributed by atoms with Gasteiger partial charge in [-0.25, -0.2) is 4.68 Å². The van der Waals surface area contributed by atoms with Crippen molar-refractivity contribution in [2.24, 2.45) is 10.1 Å². The Morgan fingerprint density at radius 2 is 2.03 bits per heavy atom. The van der Waals surface area contributed by atoms with Crippen molar-refractivity contribution >= 4 is 44.4 Å². The zero-order chi connectivity index (χ0) is 20.4. The summed E-state index contributed by atoms with van der Waals surface area (Å²) < 4.78 is 8.49. The topological polar surface area (TPSA) is 54.7 Å².